The number of aryl methyl sites for hydroxylation is 1. The van der Waals surface area contributed by atoms with E-state index in [-0.39, 0.29) is 39.9 Å². The van der Waals surface area contributed by atoms with Gasteiger partial charge in [-0.2, -0.15) is 0 Å². The lowest BCUT2D eigenvalue weighted by Gasteiger charge is -2.32. The summed E-state index contributed by atoms with van der Waals surface area (Å²) in [5.41, 5.74) is 0.268. The van der Waals surface area contributed by atoms with Gasteiger partial charge in [0.05, 0.1) is 23.2 Å². The summed E-state index contributed by atoms with van der Waals surface area (Å²) in [4.78, 5) is 46.4. The SMILES string of the molecule is Cc1cccc(CN2C(=O)C3(c4ccccc42)c2c(oc4ccc(F)cc4c2=O)C(=O)N3c2nnc(CC(C)C)s2)c1. The lowest BCUT2D eigenvalue weighted by Crippen LogP contribution is -2.53. The fraction of sp³-hybridized carbons (Fsp3) is 0.219. The maximum absolute atomic E-state index is 14.9. The van der Waals surface area contributed by atoms with E-state index in [2.05, 4.69) is 10.2 Å². The van der Waals surface area contributed by atoms with Crippen molar-refractivity contribution in [2.75, 3.05) is 9.80 Å². The number of fused-ring (bicyclic) bond motifs is 5. The minimum Gasteiger partial charge on any atom is -0.450 e. The van der Waals surface area contributed by atoms with E-state index in [1.165, 1.54) is 22.3 Å². The van der Waals surface area contributed by atoms with E-state index in [4.69, 9.17) is 4.42 Å². The van der Waals surface area contributed by atoms with Crippen molar-refractivity contribution in [3.05, 3.63) is 116 Å². The summed E-state index contributed by atoms with van der Waals surface area (Å²) in [6.45, 7) is 6.27. The van der Waals surface area contributed by atoms with Crippen LogP contribution in [-0.2, 0) is 23.3 Å². The van der Waals surface area contributed by atoms with Gasteiger partial charge in [-0.05, 0) is 42.7 Å². The topological polar surface area (TPSA) is 96.6 Å². The van der Waals surface area contributed by atoms with E-state index < -0.39 is 28.6 Å². The van der Waals surface area contributed by atoms with Crippen molar-refractivity contribution in [3.8, 4) is 0 Å². The van der Waals surface area contributed by atoms with Crippen LogP contribution in [0.3, 0.4) is 0 Å². The van der Waals surface area contributed by atoms with Crippen LogP contribution in [-0.4, -0.2) is 22.0 Å². The van der Waals surface area contributed by atoms with Crippen molar-refractivity contribution in [2.45, 2.75) is 39.3 Å². The number of benzene rings is 3. The van der Waals surface area contributed by atoms with Gasteiger partial charge in [0.25, 0.3) is 11.8 Å². The van der Waals surface area contributed by atoms with Gasteiger partial charge in [-0.25, -0.2) is 4.39 Å². The van der Waals surface area contributed by atoms with E-state index >= 15 is 0 Å². The molecule has 2 aromatic heterocycles. The van der Waals surface area contributed by atoms with Crippen LogP contribution < -0.4 is 15.2 Å². The monoisotopic (exact) mass is 580 g/mol. The van der Waals surface area contributed by atoms with E-state index in [1.807, 2.05) is 45.0 Å². The Kier molecular flexibility index (Phi) is 5.88. The van der Waals surface area contributed by atoms with Crippen LogP contribution in [0.4, 0.5) is 15.2 Å². The van der Waals surface area contributed by atoms with Crippen LogP contribution in [0.2, 0.25) is 0 Å². The third kappa shape index (κ3) is 3.68. The summed E-state index contributed by atoms with van der Waals surface area (Å²) in [5, 5.41) is 9.48. The maximum Gasteiger partial charge on any atom is 0.297 e. The predicted octanol–water partition coefficient (Wildman–Crippen LogP) is 5.74. The van der Waals surface area contributed by atoms with Gasteiger partial charge in [-0.1, -0.05) is 73.2 Å². The standard InChI is InChI=1S/C32H25FN4O4S/c1-17(2)13-25-34-35-31(42-25)37-29(39)28-26(27(38)21-15-20(33)11-12-24(21)41-28)32(37)22-9-4-5-10-23(22)36(30(32)40)16-19-8-6-7-18(3)14-19/h4-12,14-15,17H,13,16H2,1-3H3. The third-order valence-corrected chi connectivity index (χ3v) is 8.67. The molecule has 2 amide bonds. The molecule has 0 radical (unpaired) electrons. The molecule has 0 saturated heterocycles. The lowest BCUT2D eigenvalue weighted by molar-refractivity contribution is -0.121. The molecule has 210 valence electrons. The summed E-state index contributed by atoms with van der Waals surface area (Å²) in [5.74, 6) is -1.79. The Bertz CT molecular complexity index is 2000. The van der Waals surface area contributed by atoms with Crippen LogP contribution in [0.25, 0.3) is 11.0 Å². The molecule has 8 nitrogen and oxygen atoms in total. The number of amides is 2. The molecule has 42 heavy (non-hydrogen) atoms. The fourth-order valence-corrected chi connectivity index (χ4v) is 7.15. The average molecular weight is 581 g/mol. The number of nitrogens with zero attached hydrogens (tertiary/aromatic N) is 4. The molecule has 7 rings (SSSR count). The average Bonchev–Trinajstić information content (AvgIpc) is 3.58. The molecule has 1 atom stereocenters. The minimum absolute atomic E-state index is 0.0528. The normalized spacial score (nSPS) is 17.6. The van der Waals surface area contributed by atoms with Gasteiger partial charge in [-0.15, -0.1) is 10.2 Å². The highest BCUT2D eigenvalue weighted by Crippen LogP contribution is 2.54. The van der Waals surface area contributed by atoms with Gasteiger partial charge in [-0.3, -0.25) is 19.3 Å². The number of hydrogen-bond acceptors (Lipinski definition) is 7. The van der Waals surface area contributed by atoms with Crippen LogP contribution in [0, 0.1) is 18.7 Å². The molecule has 0 aliphatic carbocycles. The zero-order chi connectivity index (χ0) is 29.3. The largest absolute Gasteiger partial charge is 0.450 e. The summed E-state index contributed by atoms with van der Waals surface area (Å²) in [6, 6.07) is 18.4. The van der Waals surface area contributed by atoms with E-state index in [9.17, 15) is 18.8 Å². The van der Waals surface area contributed by atoms with Crippen LogP contribution in [0.1, 0.15) is 51.7 Å². The summed E-state index contributed by atoms with van der Waals surface area (Å²) >= 11 is 1.20. The Morgan fingerprint density at radius 1 is 1.00 bits per heavy atom. The first-order valence-corrected chi connectivity index (χ1v) is 14.4. The lowest BCUT2D eigenvalue weighted by atomic mass is 9.84. The first-order chi connectivity index (χ1) is 20.2. The second-order valence-electron chi connectivity index (χ2n) is 11.1. The van der Waals surface area contributed by atoms with Crippen LogP contribution in [0.5, 0.6) is 0 Å². The number of hydrogen-bond donors (Lipinski definition) is 0. The van der Waals surface area contributed by atoms with Crippen molar-refractivity contribution in [1.82, 2.24) is 10.2 Å². The molecular weight excluding hydrogens is 555 g/mol. The minimum atomic E-state index is -1.91. The quantitative estimate of drug-likeness (QED) is 0.263. The van der Waals surface area contributed by atoms with Gasteiger partial charge in [0.15, 0.2) is 11.0 Å². The Hall–Kier alpha value is -4.70. The van der Waals surface area contributed by atoms with Crippen molar-refractivity contribution in [2.24, 2.45) is 5.92 Å². The highest BCUT2D eigenvalue weighted by atomic mass is 32.1. The van der Waals surface area contributed by atoms with Crippen molar-refractivity contribution < 1.29 is 18.4 Å². The fourth-order valence-electron chi connectivity index (χ4n) is 6.05. The van der Waals surface area contributed by atoms with Gasteiger partial charge in [0.2, 0.25) is 10.9 Å². The summed E-state index contributed by atoms with van der Waals surface area (Å²) in [6.07, 6.45) is 0.629. The van der Waals surface area contributed by atoms with E-state index in [0.29, 0.717) is 22.7 Å². The zero-order valence-electron chi connectivity index (χ0n) is 23.1. The predicted molar refractivity (Wildman–Crippen MR) is 157 cm³/mol. The highest BCUT2D eigenvalue weighted by Gasteiger charge is 2.66. The number of carbonyl (C=O) groups excluding carboxylic acids is 2. The van der Waals surface area contributed by atoms with Crippen LogP contribution >= 0.6 is 11.3 Å². The van der Waals surface area contributed by atoms with Gasteiger partial charge in [0, 0.05) is 12.0 Å². The van der Waals surface area contributed by atoms with Crippen molar-refractivity contribution in [3.63, 3.8) is 0 Å². The Labute approximate surface area is 244 Å². The van der Waals surface area contributed by atoms with Gasteiger partial charge < -0.3 is 9.32 Å². The number of halogens is 1. The van der Waals surface area contributed by atoms with Crippen LogP contribution in [0.15, 0.2) is 75.9 Å². The van der Waals surface area contributed by atoms with Crippen molar-refractivity contribution in [1.29, 1.82) is 0 Å². The van der Waals surface area contributed by atoms with Gasteiger partial charge in [0.1, 0.15) is 16.4 Å². The third-order valence-electron chi connectivity index (χ3n) is 7.74. The number of anilines is 2. The number of carbonyl (C=O) groups is 2. The number of para-hydroxylation sites is 1. The molecule has 0 fully saturated rings. The molecule has 5 aromatic rings. The molecular formula is C32H25FN4O4S. The van der Waals surface area contributed by atoms with E-state index in [0.717, 1.165) is 23.3 Å². The Balaban J connectivity index is 1.53. The Morgan fingerprint density at radius 3 is 2.60 bits per heavy atom. The molecule has 1 unspecified atom stereocenters. The highest BCUT2D eigenvalue weighted by molar-refractivity contribution is 7.15. The molecule has 2 aliphatic heterocycles. The molecule has 1 spiro atoms. The Morgan fingerprint density at radius 2 is 1.81 bits per heavy atom. The zero-order valence-corrected chi connectivity index (χ0v) is 23.9. The smallest absolute Gasteiger partial charge is 0.297 e. The molecule has 10 heteroatoms. The first-order valence-electron chi connectivity index (χ1n) is 13.6. The number of rotatable bonds is 5. The first kappa shape index (κ1) is 26.2. The molecule has 0 N–H and O–H groups in total. The second-order valence-corrected chi connectivity index (χ2v) is 12.1. The summed E-state index contributed by atoms with van der Waals surface area (Å²) in [7, 11) is 0. The molecule has 2 aliphatic rings. The maximum atomic E-state index is 14.9. The van der Waals surface area contributed by atoms with Crippen molar-refractivity contribution >= 4 is 44.9 Å². The molecule has 0 saturated carbocycles. The molecule has 4 heterocycles. The molecule has 0 bridgehead atoms. The number of aromatic nitrogens is 2. The van der Waals surface area contributed by atoms with Gasteiger partial charge >= 0.3 is 0 Å². The summed E-state index contributed by atoms with van der Waals surface area (Å²) < 4.78 is 20.4. The molecule has 3 aromatic carbocycles. The van der Waals surface area contributed by atoms with E-state index in [1.54, 1.807) is 29.2 Å². The second kappa shape index (κ2) is 9.42.